The van der Waals surface area contributed by atoms with E-state index in [0.717, 1.165) is 25.7 Å². The van der Waals surface area contributed by atoms with Crippen molar-refractivity contribution in [1.82, 2.24) is 4.90 Å². The predicted octanol–water partition coefficient (Wildman–Crippen LogP) is 3.97. The number of anilines is 1. The Bertz CT molecular complexity index is 566. The molecule has 5 heteroatoms. The summed E-state index contributed by atoms with van der Waals surface area (Å²) in [6.07, 6.45) is 8.04. The van der Waals surface area contributed by atoms with Gasteiger partial charge in [-0.05, 0) is 31.0 Å². The lowest BCUT2D eigenvalue weighted by atomic mass is 9.95. The van der Waals surface area contributed by atoms with Crippen LogP contribution in [-0.4, -0.2) is 29.8 Å². The number of carbonyl (C=O) groups excluding carboxylic acids is 2. The van der Waals surface area contributed by atoms with Crippen LogP contribution in [0.15, 0.2) is 18.2 Å². The van der Waals surface area contributed by atoms with E-state index in [1.807, 2.05) is 7.05 Å². The van der Waals surface area contributed by atoms with Crippen molar-refractivity contribution in [2.45, 2.75) is 57.9 Å². The highest BCUT2D eigenvalue weighted by molar-refractivity contribution is 5.97. The van der Waals surface area contributed by atoms with Crippen LogP contribution in [0.1, 0.15) is 62.2 Å². The van der Waals surface area contributed by atoms with Crippen molar-refractivity contribution in [2.75, 3.05) is 12.4 Å². The zero-order valence-corrected chi connectivity index (χ0v) is 13.9. The van der Waals surface area contributed by atoms with Crippen molar-refractivity contribution < 1.29 is 14.0 Å². The number of benzene rings is 1. The number of hydrogen-bond acceptors (Lipinski definition) is 2. The van der Waals surface area contributed by atoms with Crippen LogP contribution in [0.3, 0.4) is 0 Å². The lowest BCUT2D eigenvalue weighted by molar-refractivity contribution is -0.114. The van der Waals surface area contributed by atoms with Crippen LogP contribution >= 0.6 is 0 Å². The third-order valence-corrected chi connectivity index (χ3v) is 4.47. The summed E-state index contributed by atoms with van der Waals surface area (Å²) in [6, 6.07) is 4.35. The summed E-state index contributed by atoms with van der Waals surface area (Å²) < 4.78 is 13.7. The number of amides is 2. The molecule has 4 nitrogen and oxygen atoms in total. The maximum Gasteiger partial charge on any atom is 0.253 e. The molecule has 1 aliphatic rings. The van der Waals surface area contributed by atoms with Gasteiger partial charge in [-0.3, -0.25) is 9.59 Å². The van der Waals surface area contributed by atoms with E-state index >= 15 is 0 Å². The van der Waals surface area contributed by atoms with Gasteiger partial charge in [0, 0.05) is 25.6 Å². The van der Waals surface area contributed by atoms with Crippen molar-refractivity contribution in [1.29, 1.82) is 0 Å². The molecule has 1 fully saturated rings. The molecule has 23 heavy (non-hydrogen) atoms. The SMILES string of the molecule is CC(=O)Nc1cc(C(=O)N(C)C2CCCCCCC2)ccc1F. The highest BCUT2D eigenvalue weighted by Gasteiger charge is 2.22. The normalized spacial score (nSPS) is 16.3. The number of carbonyl (C=O) groups is 2. The summed E-state index contributed by atoms with van der Waals surface area (Å²) in [7, 11) is 1.82. The maximum absolute atomic E-state index is 13.7. The summed E-state index contributed by atoms with van der Waals surface area (Å²) >= 11 is 0. The van der Waals surface area contributed by atoms with E-state index in [0.29, 0.717) is 5.56 Å². The fraction of sp³-hybridized carbons (Fsp3) is 0.556. The second kappa shape index (κ2) is 8.09. The van der Waals surface area contributed by atoms with E-state index in [9.17, 15) is 14.0 Å². The Balaban J connectivity index is 2.13. The summed E-state index contributed by atoms with van der Waals surface area (Å²) in [5.74, 6) is -1.02. The van der Waals surface area contributed by atoms with Gasteiger partial charge in [-0.25, -0.2) is 4.39 Å². The van der Waals surface area contributed by atoms with E-state index < -0.39 is 5.82 Å². The molecule has 2 amide bonds. The van der Waals surface area contributed by atoms with Gasteiger partial charge in [-0.2, -0.15) is 0 Å². The van der Waals surface area contributed by atoms with Crippen LogP contribution in [-0.2, 0) is 4.79 Å². The Labute approximate surface area is 137 Å². The summed E-state index contributed by atoms with van der Waals surface area (Å²) in [5.41, 5.74) is 0.453. The summed E-state index contributed by atoms with van der Waals surface area (Å²) in [4.78, 5) is 25.6. The van der Waals surface area contributed by atoms with Gasteiger partial charge in [-0.15, -0.1) is 0 Å². The maximum atomic E-state index is 13.7. The fourth-order valence-corrected chi connectivity index (χ4v) is 3.14. The van der Waals surface area contributed by atoms with Crippen LogP contribution in [0.25, 0.3) is 0 Å². The number of rotatable bonds is 3. The van der Waals surface area contributed by atoms with Crippen molar-refractivity contribution in [3.05, 3.63) is 29.6 Å². The molecule has 126 valence electrons. The monoisotopic (exact) mass is 320 g/mol. The second-order valence-electron chi connectivity index (χ2n) is 6.29. The molecule has 0 saturated heterocycles. The average Bonchev–Trinajstić information content (AvgIpc) is 2.47. The smallest absolute Gasteiger partial charge is 0.253 e. The highest BCUT2D eigenvalue weighted by atomic mass is 19.1. The number of nitrogens with zero attached hydrogens (tertiary/aromatic N) is 1. The molecular formula is C18H25FN2O2. The molecule has 0 spiro atoms. The zero-order chi connectivity index (χ0) is 16.8. The van der Waals surface area contributed by atoms with Crippen LogP contribution < -0.4 is 5.32 Å². The molecule has 1 aromatic carbocycles. The van der Waals surface area contributed by atoms with Crippen molar-refractivity contribution in [3.8, 4) is 0 Å². The van der Waals surface area contributed by atoms with Crippen molar-refractivity contribution >= 4 is 17.5 Å². The lowest BCUT2D eigenvalue weighted by Crippen LogP contribution is -2.37. The summed E-state index contributed by atoms with van der Waals surface area (Å²) in [5, 5.41) is 2.42. The quantitative estimate of drug-likeness (QED) is 0.916. The molecule has 1 aliphatic carbocycles. The van der Waals surface area contributed by atoms with Gasteiger partial charge in [0.15, 0.2) is 0 Å². The molecule has 1 aromatic rings. The molecule has 2 rings (SSSR count). The molecule has 1 saturated carbocycles. The Hall–Kier alpha value is -1.91. The number of halogens is 1. The Kier molecular flexibility index (Phi) is 6.13. The van der Waals surface area contributed by atoms with Gasteiger partial charge in [-0.1, -0.05) is 32.1 Å². The molecule has 0 aliphatic heterocycles. The Morgan fingerprint density at radius 3 is 2.35 bits per heavy atom. The molecule has 0 unspecified atom stereocenters. The second-order valence-corrected chi connectivity index (χ2v) is 6.29. The van der Waals surface area contributed by atoms with Gasteiger partial charge in [0.25, 0.3) is 5.91 Å². The molecule has 0 atom stereocenters. The first kappa shape index (κ1) is 17.4. The first-order valence-corrected chi connectivity index (χ1v) is 8.33. The molecule has 0 aromatic heterocycles. The summed E-state index contributed by atoms with van der Waals surface area (Å²) in [6.45, 7) is 1.31. The third-order valence-electron chi connectivity index (χ3n) is 4.47. The van der Waals surface area contributed by atoms with Crippen LogP contribution in [0, 0.1) is 5.82 Å². The largest absolute Gasteiger partial charge is 0.339 e. The number of nitrogens with one attached hydrogen (secondary N) is 1. The molecular weight excluding hydrogens is 295 g/mol. The standard InChI is InChI=1S/C18H25FN2O2/c1-13(22)20-17-12-14(10-11-16(17)19)18(23)21(2)15-8-6-4-3-5-7-9-15/h10-12,15H,3-9H2,1-2H3,(H,20,22). The van der Waals surface area contributed by atoms with Crippen LogP contribution in [0.5, 0.6) is 0 Å². The van der Waals surface area contributed by atoms with Gasteiger partial charge >= 0.3 is 0 Å². The van der Waals surface area contributed by atoms with Gasteiger partial charge in [0.1, 0.15) is 5.82 Å². The fourth-order valence-electron chi connectivity index (χ4n) is 3.14. The minimum absolute atomic E-state index is 0.0504. The molecule has 1 N–H and O–H groups in total. The predicted molar refractivity (Wildman–Crippen MR) is 88.9 cm³/mol. The lowest BCUT2D eigenvalue weighted by Gasteiger charge is -2.30. The highest BCUT2D eigenvalue weighted by Crippen LogP contribution is 2.23. The van der Waals surface area contributed by atoms with Crippen molar-refractivity contribution in [2.24, 2.45) is 0 Å². The van der Waals surface area contributed by atoms with Crippen LogP contribution in [0.2, 0.25) is 0 Å². The van der Waals surface area contributed by atoms with Gasteiger partial charge in [0.05, 0.1) is 5.69 Å². The Morgan fingerprint density at radius 1 is 1.13 bits per heavy atom. The Morgan fingerprint density at radius 2 is 1.74 bits per heavy atom. The minimum Gasteiger partial charge on any atom is -0.339 e. The minimum atomic E-state index is -0.537. The number of hydrogen-bond donors (Lipinski definition) is 1. The van der Waals surface area contributed by atoms with E-state index in [-0.39, 0.29) is 23.5 Å². The first-order chi connectivity index (χ1) is 11.0. The average molecular weight is 320 g/mol. The van der Waals surface area contributed by atoms with E-state index in [2.05, 4.69) is 5.32 Å². The molecule has 0 heterocycles. The van der Waals surface area contributed by atoms with Crippen LogP contribution in [0.4, 0.5) is 10.1 Å². The first-order valence-electron chi connectivity index (χ1n) is 8.33. The zero-order valence-electron chi connectivity index (χ0n) is 13.9. The van der Waals surface area contributed by atoms with Gasteiger partial charge in [0.2, 0.25) is 5.91 Å². The van der Waals surface area contributed by atoms with Crippen molar-refractivity contribution in [3.63, 3.8) is 0 Å². The molecule has 0 bridgehead atoms. The van der Waals surface area contributed by atoms with E-state index in [4.69, 9.17) is 0 Å². The van der Waals surface area contributed by atoms with E-state index in [1.54, 1.807) is 4.90 Å². The van der Waals surface area contributed by atoms with E-state index in [1.165, 1.54) is 44.4 Å². The van der Waals surface area contributed by atoms with Gasteiger partial charge < -0.3 is 10.2 Å². The topological polar surface area (TPSA) is 49.4 Å². The third kappa shape index (κ3) is 4.78. The molecule has 0 radical (unpaired) electrons.